The lowest BCUT2D eigenvalue weighted by atomic mass is 9.80. The molecule has 0 saturated heterocycles. The van der Waals surface area contributed by atoms with E-state index in [0.29, 0.717) is 0 Å². The number of benzene rings is 3. The Morgan fingerprint density at radius 3 is 1.96 bits per heavy atom. The normalized spacial score (nSPS) is 13.0. The quantitative estimate of drug-likeness (QED) is 0.252. The molecule has 0 unspecified atom stereocenters. The summed E-state index contributed by atoms with van der Waals surface area (Å²) in [6, 6.07) is 13.8. The molecule has 0 radical (unpaired) electrons. The minimum absolute atomic E-state index is 0.0988. The van der Waals surface area contributed by atoms with Crippen LogP contribution in [0, 0.1) is 0 Å². The maximum atomic E-state index is 3.83. The van der Waals surface area contributed by atoms with E-state index < -0.39 is 0 Å². The van der Waals surface area contributed by atoms with Gasteiger partial charge in [-0.15, -0.1) is 0 Å². The summed E-state index contributed by atoms with van der Waals surface area (Å²) in [5, 5.41) is 6.27. The van der Waals surface area contributed by atoms with Crippen LogP contribution in [0.5, 0.6) is 0 Å². The first-order chi connectivity index (χ1) is 11.5. The molecule has 2 heteroatoms. The van der Waals surface area contributed by atoms with E-state index in [0.717, 1.165) is 5.33 Å². The van der Waals surface area contributed by atoms with Crippen molar-refractivity contribution in [3.63, 3.8) is 0 Å². The summed E-state index contributed by atoms with van der Waals surface area (Å²) in [4.78, 5) is 0. The fraction of sp³-hybridized carbons (Fsp3) is 0.391. The number of rotatable bonds is 1. The SMILES string of the molecule is CC(C)(C)c1cc(Br)c2ccc3c(CBr)ccc(C(C)(C)C)c3c2c1. The van der Waals surface area contributed by atoms with E-state index in [4.69, 9.17) is 0 Å². The molecule has 0 saturated carbocycles. The summed E-state index contributed by atoms with van der Waals surface area (Å²) in [5.41, 5.74) is 4.34. The first-order valence-corrected chi connectivity index (χ1v) is 10.7. The van der Waals surface area contributed by atoms with Gasteiger partial charge in [0.25, 0.3) is 0 Å². The summed E-state index contributed by atoms with van der Waals surface area (Å²) in [6.45, 7) is 13.7. The van der Waals surface area contributed by atoms with Crippen molar-refractivity contribution in [1.29, 1.82) is 0 Å². The van der Waals surface area contributed by atoms with Crippen LogP contribution in [0.4, 0.5) is 0 Å². The highest BCUT2D eigenvalue weighted by Crippen LogP contribution is 2.41. The predicted octanol–water partition coefficient (Wildman–Crippen LogP) is 8.25. The molecule has 0 atom stereocenters. The Kier molecular flexibility index (Phi) is 4.83. The van der Waals surface area contributed by atoms with Crippen molar-refractivity contribution in [1.82, 2.24) is 0 Å². The standard InChI is InChI=1S/C23H26Br2/c1-22(2,3)15-11-18-17(20(25)12-15)9-8-16-14(13-24)7-10-19(21(16)18)23(4,5)6/h7-12H,13H2,1-6H3. The molecule has 0 fully saturated rings. The summed E-state index contributed by atoms with van der Waals surface area (Å²) >= 11 is 7.50. The van der Waals surface area contributed by atoms with Crippen molar-refractivity contribution in [2.24, 2.45) is 0 Å². The number of halogens is 2. The Hall–Kier alpha value is -0.860. The molecule has 0 aliphatic carbocycles. The highest BCUT2D eigenvalue weighted by Gasteiger charge is 2.22. The van der Waals surface area contributed by atoms with Crippen molar-refractivity contribution < 1.29 is 0 Å². The van der Waals surface area contributed by atoms with Gasteiger partial charge in [0.2, 0.25) is 0 Å². The highest BCUT2D eigenvalue weighted by molar-refractivity contribution is 9.10. The average Bonchev–Trinajstić information content (AvgIpc) is 2.51. The van der Waals surface area contributed by atoms with Crippen LogP contribution in [0.25, 0.3) is 21.5 Å². The van der Waals surface area contributed by atoms with E-state index in [1.807, 2.05) is 0 Å². The number of fused-ring (bicyclic) bond motifs is 3. The zero-order chi connectivity index (χ0) is 18.6. The van der Waals surface area contributed by atoms with Gasteiger partial charge in [-0.3, -0.25) is 0 Å². The summed E-state index contributed by atoms with van der Waals surface area (Å²) < 4.78 is 1.18. The zero-order valence-corrected chi connectivity index (χ0v) is 19.1. The van der Waals surface area contributed by atoms with Gasteiger partial charge in [-0.05, 0) is 61.2 Å². The lowest BCUT2D eigenvalue weighted by molar-refractivity contribution is 0.590. The van der Waals surface area contributed by atoms with Gasteiger partial charge in [-0.1, -0.05) is 97.7 Å². The molecule has 0 bridgehead atoms. The molecule has 0 N–H and O–H groups in total. The molecule has 0 aromatic heterocycles. The van der Waals surface area contributed by atoms with Crippen molar-refractivity contribution >= 4 is 53.4 Å². The molecule has 132 valence electrons. The molecular formula is C23H26Br2. The first-order valence-electron chi connectivity index (χ1n) is 8.79. The fourth-order valence-electron chi connectivity index (χ4n) is 3.48. The van der Waals surface area contributed by atoms with Crippen LogP contribution < -0.4 is 0 Å². The van der Waals surface area contributed by atoms with Crippen molar-refractivity contribution in [3.05, 3.63) is 57.6 Å². The number of hydrogen-bond acceptors (Lipinski definition) is 0. The Balaban J connectivity index is 2.57. The zero-order valence-electron chi connectivity index (χ0n) is 15.9. The van der Waals surface area contributed by atoms with Crippen LogP contribution in [0.15, 0.2) is 40.9 Å². The van der Waals surface area contributed by atoms with Crippen LogP contribution in [0.1, 0.15) is 58.2 Å². The van der Waals surface area contributed by atoms with Crippen LogP contribution in [-0.2, 0) is 16.2 Å². The number of hydrogen-bond donors (Lipinski definition) is 0. The molecule has 0 amide bonds. The Morgan fingerprint density at radius 1 is 0.760 bits per heavy atom. The molecular weight excluding hydrogens is 436 g/mol. The number of alkyl halides is 1. The van der Waals surface area contributed by atoms with Gasteiger partial charge < -0.3 is 0 Å². The van der Waals surface area contributed by atoms with E-state index in [9.17, 15) is 0 Å². The maximum Gasteiger partial charge on any atom is 0.0289 e. The van der Waals surface area contributed by atoms with Gasteiger partial charge in [-0.2, -0.15) is 0 Å². The Bertz CT molecular complexity index is 954. The first kappa shape index (κ1) is 18.9. The second kappa shape index (κ2) is 6.39. The molecule has 0 aliphatic rings. The fourth-order valence-corrected chi connectivity index (χ4v) is 4.56. The second-order valence-corrected chi connectivity index (χ2v) is 10.4. The van der Waals surface area contributed by atoms with Crippen LogP contribution in [0.3, 0.4) is 0 Å². The van der Waals surface area contributed by atoms with Gasteiger partial charge in [0.05, 0.1) is 0 Å². The van der Waals surface area contributed by atoms with E-state index >= 15 is 0 Å². The van der Waals surface area contributed by atoms with Crippen molar-refractivity contribution in [2.75, 3.05) is 0 Å². The monoisotopic (exact) mass is 460 g/mol. The van der Waals surface area contributed by atoms with Crippen molar-refractivity contribution in [3.8, 4) is 0 Å². The van der Waals surface area contributed by atoms with Crippen molar-refractivity contribution in [2.45, 2.75) is 57.7 Å². The lowest BCUT2D eigenvalue weighted by Crippen LogP contribution is -2.13. The average molecular weight is 462 g/mol. The molecule has 0 nitrogen and oxygen atoms in total. The van der Waals surface area contributed by atoms with Gasteiger partial charge in [-0.25, -0.2) is 0 Å². The largest absolute Gasteiger partial charge is 0.0876 e. The third kappa shape index (κ3) is 3.40. The molecule has 0 spiro atoms. The molecule has 0 heterocycles. The van der Waals surface area contributed by atoms with Gasteiger partial charge in [0.15, 0.2) is 0 Å². The Morgan fingerprint density at radius 2 is 1.40 bits per heavy atom. The van der Waals surface area contributed by atoms with E-state index in [1.165, 1.54) is 42.7 Å². The predicted molar refractivity (Wildman–Crippen MR) is 119 cm³/mol. The smallest absolute Gasteiger partial charge is 0.0289 e. The molecule has 3 aromatic carbocycles. The van der Waals surface area contributed by atoms with E-state index in [2.05, 4.69) is 110 Å². The third-order valence-corrected chi connectivity index (χ3v) is 6.23. The van der Waals surface area contributed by atoms with Crippen LogP contribution >= 0.6 is 31.9 Å². The molecule has 3 rings (SSSR count). The topological polar surface area (TPSA) is 0 Å². The Labute approximate surface area is 168 Å². The molecule has 0 aliphatic heterocycles. The van der Waals surface area contributed by atoms with Gasteiger partial charge in [0.1, 0.15) is 0 Å². The summed E-state index contributed by atoms with van der Waals surface area (Å²) in [5.74, 6) is 0. The second-order valence-electron chi connectivity index (χ2n) is 8.95. The third-order valence-electron chi connectivity index (χ3n) is 4.97. The van der Waals surface area contributed by atoms with Crippen LogP contribution in [-0.4, -0.2) is 0 Å². The lowest BCUT2D eigenvalue weighted by Gasteiger charge is -2.25. The van der Waals surface area contributed by atoms with Crippen LogP contribution in [0.2, 0.25) is 0 Å². The minimum atomic E-state index is 0.0988. The maximum absolute atomic E-state index is 3.83. The summed E-state index contributed by atoms with van der Waals surface area (Å²) in [7, 11) is 0. The van der Waals surface area contributed by atoms with Gasteiger partial charge in [0, 0.05) is 9.80 Å². The summed E-state index contributed by atoms with van der Waals surface area (Å²) in [6.07, 6.45) is 0. The van der Waals surface area contributed by atoms with E-state index in [-0.39, 0.29) is 10.8 Å². The van der Waals surface area contributed by atoms with Gasteiger partial charge >= 0.3 is 0 Å². The minimum Gasteiger partial charge on any atom is -0.0876 e. The highest BCUT2D eigenvalue weighted by atomic mass is 79.9. The molecule has 3 aromatic rings. The molecule has 25 heavy (non-hydrogen) atoms. The van der Waals surface area contributed by atoms with E-state index in [1.54, 1.807) is 0 Å².